The van der Waals surface area contributed by atoms with Crippen LogP contribution in [0.3, 0.4) is 0 Å². The van der Waals surface area contributed by atoms with Crippen molar-refractivity contribution >= 4 is 5.91 Å². The van der Waals surface area contributed by atoms with Crippen LogP contribution >= 0.6 is 0 Å². The first-order valence-electron chi connectivity index (χ1n) is 5.14. The number of hydrogen-bond acceptors (Lipinski definition) is 2. The number of nitrogens with one attached hydrogen (secondary N) is 2. The lowest BCUT2D eigenvalue weighted by Gasteiger charge is -2.11. The minimum absolute atomic E-state index is 0.0687. The molecule has 1 atom stereocenters. The summed E-state index contributed by atoms with van der Waals surface area (Å²) >= 11 is 0. The average molecular weight is 186 g/mol. The van der Waals surface area contributed by atoms with Crippen LogP contribution in [-0.2, 0) is 4.79 Å². The summed E-state index contributed by atoms with van der Waals surface area (Å²) in [7, 11) is 0. The molecule has 1 unspecified atom stereocenters. The molecule has 0 saturated carbocycles. The van der Waals surface area contributed by atoms with Gasteiger partial charge in [0.15, 0.2) is 0 Å². The fourth-order valence-corrected chi connectivity index (χ4v) is 1.30. The zero-order valence-electron chi connectivity index (χ0n) is 9.02. The fourth-order valence-electron chi connectivity index (χ4n) is 1.30. The van der Waals surface area contributed by atoms with Gasteiger partial charge in [-0.3, -0.25) is 4.79 Å². The molecule has 0 aliphatic carbocycles. The van der Waals surface area contributed by atoms with E-state index in [1.165, 1.54) is 12.8 Å². The number of unbranched alkanes of at least 4 members (excludes halogenated alkanes) is 1. The molecule has 1 amide bonds. The van der Waals surface area contributed by atoms with Crippen molar-refractivity contribution in [3.63, 3.8) is 0 Å². The van der Waals surface area contributed by atoms with Gasteiger partial charge in [0, 0.05) is 13.0 Å². The van der Waals surface area contributed by atoms with Gasteiger partial charge in [-0.25, -0.2) is 0 Å². The third kappa shape index (κ3) is 9.34. The fraction of sp³-hybridized carbons (Fsp3) is 0.900. The number of rotatable bonds is 7. The van der Waals surface area contributed by atoms with E-state index in [1.54, 1.807) is 6.92 Å². The molecule has 0 saturated heterocycles. The molecule has 3 heteroatoms. The zero-order valence-corrected chi connectivity index (χ0v) is 9.02. The van der Waals surface area contributed by atoms with Crippen LogP contribution in [0.5, 0.6) is 0 Å². The maximum absolute atomic E-state index is 10.7. The van der Waals surface area contributed by atoms with E-state index in [0.717, 1.165) is 19.5 Å². The zero-order chi connectivity index (χ0) is 10.1. The molecule has 0 radical (unpaired) electrons. The van der Waals surface area contributed by atoms with E-state index >= 15 is 0 Å². The van der Waals surface area contributed by atoms with Crippen molar-refractivity contribution in [2.24, 2.45) is 0 Å². The van der Waals surface area contributed by atoms with Gasteiger partial charge in [0.1, 0.15) is 0 Å². The first-order valence-corrected chi connectivity index (χ1v) is 5.14. The molecule has 13 heavy (non-hydrogen) atoms. The van der Waals surface area contributed by atoms with Gasteiger partial charge in [-0.1, -0.05) is 13.3 Å². The predicted octanol–water partition coefficient (Wildman–Crippen LogP) is 1.29. The molecule has 2 N–H and O–H groups in total. The van der Waals surface area contributed by atoms with Crippen molar-refractivity contribution in [1.82, 2.24) is 10.6 Å². The Morgan fingerprint density at radius 1 is 1.38 bits per heavy atom. The summed E-state index contributed by atoms with van der Waals surface area (Å²) in [4.78, 5) is 10.7. The van der Waals surface area contributed by atoms with Crippen LogP contribution in [0.2, 0.25) is 0 Å². The second kappa shape index (κ2) is 8.05. The van der Waals surface area contributed by atoms with Gasteiger partial charge in [-0.15, -0.1) is 0 Å². The highest BCUT2D eigenvalue weighted by Crippen LogP contribution is 1.99. The Bertz CT molecular complexity index is 137. The summed E-state index contributed by atoms with van der Waals surface area (Å²) in [6.45, 7) is 7.86. The molecular weight excluding hydrogens is 164 g/mol. The van der Waals surface area contributed by atoms with Gasteiger partial charge < -0.3 is 10.6 Å². The molecule has 0 aliphatic heterocycles. The Morgan fingerprint density at radius 3 is 2.62 bits per heavy atom. The summed E-state index contributed by atoms with van der Waals surface area (Å²) in [5.41, 5.74) is 0. The number of amides is 1. The Labute approximate surface area is 81.3 Å². The van der Waals surface area contributed by atoms with E-state index in [9.17, 15) is 4.79 Å². The van der Waals surface area contributed by atoms with Gasteiger partial charge in [0.25, 0.3) is 0 Å². The average Bonchev–Trinajstić information content (AvgIpc) is 2.02. The first kappa shape index (κ1) is 12.4. The molecule has 0 aromatic rings. The Balaban J connectivity index is 3.17. The third-order valence-corrected chi connectivity index (χ3v) is 1.94. The largest absolute Gasteiger partial charge is 0.354 e. The van der Waals surface area contributed by atoms with Crippen LogP contribution in [0, 0.1) is 0 Å². The quantitative estimate of drug-likeness (QED) is 0.588. The minimum Gasteiger partial charge on any atom is -0.354 e. The van der Waals surface area contributed by atoms with E-state index in [4.69, 9.17) is 0 Å². The maximum Gasteiger partial charge on any atom is 0.217 e. The van der Waals surface area contributed by atoms with Crippen molar-refractivity contribution in [1.29, 1.82) is 0 Å². The highest BCUT2D eigenvalue weighted by atomic mass is 16.1. The molecule has 0 bridgehead atoms. The molecule has 0 fully saturated rings. The van der Waals surface area contributed by atoms with Crippen LogP contribution in [0.15, 0.2) is 0 Å². The minimum atomic E-state index is 0.0687. The molecule has 3 nitrogen and oxygen atoms in total. The molecular formula is C10H22N2O. The SMILES string of the molecule is CCNCCCCC(C)NC(C)=O. The Kier molecular flexibility index (Phi) is 7.69. The summed E-state index contributed by atoms with van der Waals surface area (Å²) in [6.07, 6.45) is 3.44. The smallest absolute Gasteiger partial charge is 0.217 e. The molecule has 0 aliphatic rings. The van der Waals surface area contributed by atoms with E-state index in [0.29, 0.717) is 6.04 Å². The third-order valence-electron chi connectivity index (χ3n) is 1.94. The van der Waals surface area contributed by atoms with Crippen LogP contribution in [-0.4, -0.2) is 25.0 Å². The van der Waals surface area contributed by atoms with Crippen LogP contribution in [0.1, 0.15) is 40.0 Å². The molecule has 0 rings (SSSR count). The standard InChI is InChI=1S/C10H22N2O/c1-4-11-8-6-5-7-9(2)12-10(3)13/h9,11H,4-8H2,1-3H3,(H,12,13). The van der Waals surface area contributed by atoms with E-state index < -0.39 is 0 Å². The predicted molar refractivity (Wildman–Crippen MR) is 55.7 cm³/mol. The number of hydrogen-bond donors (Lipinski definition) is 2. The van der Waals surface area contributed by atoms with E-state index in [-0.39, 0.29) is 5.91 Å². The second-order valence-corrected chi connectivity index (χ2v) is 3.45. The lowest BCUT2D eigenvalue weighted by molar-refractivity contribution is -0.119. The second-order valence-electron chi connectivity index (χ2n) is 3.45. The Morgan fingerprint density at radius 2 is 2.08 bits per heavy atom. The van der Waals surface area contributed by atoms with Gasteiger partial charge >= 0.3 is 0 Å². The van der Waals surface area contributed by atoms with Crippen LogP contribution in [0.25, 0.3) is 0 Å². The highest BCUT2D eigenvalue weighted by Gasteiger charge is 2.01. The monoisotopic (exact) mass is 186 g/mol. The van der Waals surface area contributed by atoms with Crippen molar-refractivity contribution in [3.8, 4) is 0 Å². The van der Waals surface area contributed by atoms with Crippen molar-refractivity contribution < 1.29 is 4.79 Å². The molecule has 0 spiro atoms. The normalized spacial score (nSPS) is 12.5. The molecule has 0 aromatic heterocycles. The van der Waals surface area contributed by atoms with E-state index in [1.807, 2.05) is 0 Å². The first-order chi connectivity index (χ1) is 6.16. The van der Waals surface area contributed by atoms with Crippen molar-refractivity contribution in [3.05, 3.63) is 0 Å². The summed E-state index contributed by atoms with van der Waals surface area (Å²) in [5, 5.41) is 6.15. The van der Waals surface area contributed by atoms with E-state index in [2.05, 4.69) is 24.5 Å². The maximum atomic E-state index is 10.7. The summed E-state index contributed by atoms with van der Waals surface area (Å²) < 4.78 is 0. The lowest BCUT2D eigenvalue weighted by atomic mass is 10.1. The van der Waals surface area contributed by atoms with Gasteiger partial charge in [0.2, 0.25) is 5.91 Å². The Hall–Kier alpha value is -0.570. The van der Waals surface area contributed by atoms with Gasteiger partial charge in [0.05, 0.1) is 0 Å². The number of carbonyl (C=O) groups excluding carboxylic acids is 1. The van der Waals surface area contributed by atoms with Crippen LogP contribution in [0.4, 0.5) is 0 Å². The van der Waals surface area contributed by atoms with Crippen molar-refractivity contribution in [2.75, 3.05) is 13.1 Å². The molecule has 78 valence electrons. The molecule has 0 aromatic carbocycles. The number of carbonyl (C=O) groups is 1. The van der Waals surface area contributed by atoms with Crippen LogP contribution < -0.4 is 10.6 Å². The van der Waals surface area contributed by atoms with Gasteiger partial charge in [-0.05, 0) is 32.9 Å². The summed E-state index contributed by atoms with van der Waals surface area (Å²) in [6, 6.07) is 0.319. The highest BCUT2D eigenvalue weighted by molar-refractivity contribution is 5.73. The molecule has 0 heterocycles. The van der Waals surface area contributed by atoms with Gasteiger partial charge in [-0.2, -0.15) is 0 Å². The topological polar surface area (TPSA) is 41.1 Å². The summed E-state index contributed by atoms with van der Waals surface area (Å²) in [5.74, 6) is 0.0687. The lowest BCUT2D eigenvalue weighted by Crippen LogP contribution is -2.30. The van der Waals surface area contributed by atoms with Crippen molar-refractivity contribution in [2.45, 2.75) is 46.1 Å².